The average molecular weight is 527 g/mol. The van der Waals surface area contributed by atoms with Gasteiger partial charge in [0.15, 0.2) is 5.65 Å². The number of nitrogens with one attached hydrogen (secondary N) is 1. The van der Waals surface area contributed by atoms with E-state index in [-0.39, 0.29) is 40.8 Å². The van der Waals surface area contributed by atoms with Crippen molar-refractivity contribution in [1.82, 2.24) is 19.9 Å². The van der Waals surface area contributed by atoms with Gasteiger partial charge in [0.05, 0.1) is 5.39 Å². The van der Waals surface area contributed by atoms with E-state index >= 15 is 0 Å². The highest BCUT2D eigenvalue weighted by molar-refractivity contribution is 6.31. The Hall–Kier alpha value is -4.18. The maximum atomic E-state index is 13.6. The van der Waals surface area contributed by atoms with E-state index in [1.165, 1.54) is 30.5 Å². The highest BCUT2D eigenvalue weighted by Crippen LogP contribution is 2.27. The van der Waals surface area contributed by atoms with Crippen LogP contribution < -0.4 is 15.6 Å². The molecule has 0 saturated heterocycles. The Bertz CT molecular complexity index is 1560. The Labute approximate surface area is 214 Å². The Morgan fingerprint density at radius 2 is 1.92 bits per heavy atom. The van der Waals surface area contributed by atoms with E-state index in [0.717, 1.165) is 4.57 Å². The Kier molecular flexibility index (Phi) is 7.58. The molecule has 0 fully saturated rings. The number of aldehydes is 1. The highest BCUT2D eigenvalue weighted by Gasteiger charge is 2.18. The van der Waals surface area contributed by atoms with Gasteiger partial charge in [-0.1, -0.05) is 23.7 Å². The lowest BCUT2D eigenvalue weighted by atomic mass is 10.0. The van der Waals surface area contributed by atoms with Crippen molar-refractivity contribution in [2.45, 2.75) is 33.0 Å². The van der Waals surface area contributed by atoms with E-state index in [1.54, 1.807) is 38.1 Å². The minimum absolute atomic E-state index is 0.0577. The monoisotopic (exact) mass is 526 g/mol. The zero-order valence-electron chi connectivity index (χ0n) is 19.7. The number of alkyl halides is 2. The van der Waals surface area contributed by atoms with Gasteiger partial charge in [-0.3, -0.25) is 19.0 Å². The molecule has 8 nitrogen and oxygen atoms in total. The summed E-state index contributed by atoms with van der Waals surface area (Å²) in [7, 11) is 0. The first kappa shape index (κ1) is 25.9. The topological polar surface area (TPSA) is 103 Å². The predicted molar refractivity (Wildman–Crippen MR) is 135 cm³/mol. The molecular weight excluding hydrogens is 506 g/mol. The standard InChI is InChI=1S/C26H21ClF2N4O4/c1-14(2)31-22(35)12-33-24(16-4-3-5-20(9-16)37-26(28)29)32-23-21(25(33)36)10-18(11-30-23)17-6-15(13-34)7-19(27)8-17/h3-11,13-14,26H,12H2,1-2H3,(H,31,35). The molecular formula is C26H21ClF2N4O4. The molecule has 4 rings (SSSR count). The molecule has 2 heterocycles. The first-order valence-electron chi connectivity index (χ1n) is 11.2. The van der Waals surface area contributed by atoms with Crippen LogP contribution in [0.4, 0.5) is 8.78 Å². The minimum Gasteiger partial charge on any atom is -0.435 e. The lowest BCUT2D eigenvalue weighted by molar-refractivity contribution is -0.122. The maximum Gasteiger partial charge on any atom is 0.387 e. The smallest absolute Gasteiger partial charge is 0.387 e. The molecule has 2 aromatic heterocycles. The lowest BCUT2D eigenvalue weighted by Gasteiger charge is -2.15. The second-order valence-corrected chi connectivity index (χ2v) is 8.88. The normalized spacial score (nSPS) is 11.2. The van der Waals surface area contributed by atoms with Crippen LogP contribution in [0.3, 0.4) is 0 Å². The van der Waals surface area contributed by atoms with Crippen molar-refractivity contribution in [1.29, 1.82) is 0 Å². The van der Waals surface area contributed by atoms with Gasteiger partial charge >= 0.3 is 6.61 Å². The van der Waals surface area contributed by atoms with Crippen LogP contribution in [-0.2, 0) is 11.3 Å². The summed E-state index contributed by atoms with van der Waals surface area (Å²) in [5.41, 5.74) is 1.23. The molecule has 0 atom stereocenters. The number of hydrogen-bond donors (Lipinski definition) is 1. The van der Waals surface area contributed by atoms with Crippen molar-refractivity contribution in [2.75, 3.05) is 0 Å². The van der Waals surface area contributed by atoms with Gasteiger partial charge in [-0.25, -0.2) is 9.97 Å². The van der Waals surface area contributed by atoms with Gasteiger partial charge in [0.1, 0.15) is 24.4 Å². The predicted octanol–water partition coefficient (Wildman–Crippen LogP) is 4.72. The average Bonchev–Trinajstić information content (AvgIpc) is 2.84. The van der Waals surface area contributed by atoms with E-state index in [9.17, 15) is 23.2 Å². The van der Waals surface area contributed by atoms with Gasteiger partial charge in [0.25, 0.3) is 5.56 Å². The van der Waals surface area contributed by atoms with E-state index < -0.39 is 18.1 Å². The first-order chi connectivity index (χ1) is 17.6. The van der Waals surface area contributed by atoms with Crippen LogP contribution >= 0.6 is 11.6 Å². The van der Waals surface area contributed by atoms with Crippen LogP contribution in [0.5, 0.6) is 5.75 Å². The summed E-state index contributed by atoms with van der Waals surface area (Å²) in [6, 6.07) is 11.8. The minimum atomic E-state index is -3.04. The van der Waals surface area contributed by atoms with Crippen molar-refractivity contribution in [3.63, 3.8) is 0 Å². The molecule has 0 radical (unpaired) electrons. The molecule has 4 aromatic rings. The number of pyridine rings is 1. The number of halogens is 3. The highest BCUT2D eigenvalue weighted by atomic mass is 35.5. The van der Waals surface area contributed by atoms with E-state index in [2.05, 4.69) is 20.0 Å². The molecule has 0 spiro atoms. The SMILES string of the molecule is CC(C)NC(=O)Cn1c(-c2cccc(OC(F)F)c2)nc2ncc(-c3cc(Cl)cc(C=O)c3)cc2c1=O. The third kappa shape index (κ3) is 5.97. The van der Waals surface area contributed by atoms with Crippen molar-refractivity contribution in [2.24, 2.45) is 0 Å². The summed E-state index contributed by atoms with van der Waals surface area (Å²) >= 11 is 6.13. The molecule has 1 N–H and O–H groups in total. The summed E-state index contributed by atoms with van der Waals surface area (Å²) in [6.07, 6.45) is 2.13. The lowest BCUT2D eigenvalue weighted by Crippen LogP contribution is -2.37. The Morgan fingerprint density at radius 3 is 2.62 bits per heavy atom. The van der Waals surface area contributed by atoms with Crippen molar-refractivity contribution in [3.05, 3.63) is 75.7 Å². The molecule has 11 heteroatoms. The third-order valence-corrected chi connectivity index (χ3v) is 5.49. The fourth-order valence-corrected chi connectivity index (χ4v) is 4.04. The number of rotatable bonds is 8. The number of carbonyl (C=O) groups excluding carboxylic acids is 2. The summed E-state index contributed by atoms with van der Waals surface area (Å²) in [5, 5.41) is 3.18. The molecule has 37 heavy (non-hydrogen) atoms. The van der Waals surface area contributed by atoms with Crippen LogP contribution in [0.25, 0.3) is 33.5 Å². The molecule has 0 aliphatic carbocycles. The van der Waals surface area contributed by atoms with Crippen LogP contribution in [0.1, 0.15) is 24.2 Å². The summed E-state index contributed by atoms with van der Waals surface area (Å²) < 4.78 is 31.2. The zero-order valence-corrected chi connectivity index (χ0v) is 20.5. The fraction of sp³-hybridized carbons (Fsp3) is 0.192. The number of ether oxygens (including phenoxy) is 1. The number of hydrogen-bond acceptors (Lipinski definition) is 6. The van der Waals surface area contributed by atoms with E-state index in [0.29, 0.717) is 28.0 Å². The van der Waals surface area contributed by atoms with Gasteiger partial charge < -0.3 is 10.1 Å². The summed E-state index contributed by atoms with van der Waals surface area (Å²) in [4.78, 5) is 46.3. The van der Waals surface area contributed by atoms with Gasteiger partial charge in [-0.05, 0) is 55.8 Å². The quantitative estimate of drug-likeness (QED) is 0.333. The van der Waals surface area contributed by atoms with Gasteiger partial charge in [-0.15, -0.1) is 0 Å². The van der Waals surface area contributed by atoms with Gasteiger partial charge in [0.2, 0.25) is 5.91 Å². The zero-order chi connectivity index (χ0) is 26.7. The second kappa shape index (κ2) is 10.8. The fourth-order valence-electron chi connectivity index (χ4n) is 3.80. The number of fused-ring (bicyclic) bond motifs is 1. The molecule has 0 aliphatic rings. The van der Waals surface area contributed by atoms with Crippen molar-refractivity contribution < 1.29 is 23.1 Å². The molecule has 2 aromatic carbocycles. The van der Waals surface area contributed by atoms with Crippen LogP contribution in [-0.4, -0.2) is 39.4 Å². The number of amides is 1. The van der Waals surface area contributed by atoms with Crippen LogP contribution in [0.2, 0.25) is 5.02 Å². The maximum absolute atomic E-state index is 13.6. The number of aromatic nitrogens is 3. The van der Waals surface area contributed by atoms with Gasteiger partial charge in [-0.2, -0.15) is 8.78 Å². The third-order valence-electron chi connectivity index (χ3n) is 5.27. The van der Waals surface area contributed by atoms with Crippen LogP contribution in [0.15, 0.2) is 59.5 Å². The second-order valence-electron chi connectivity index (χ2n) is 8.44. The van der Waals surface area contributed by atoms with E-state index in [1.807, 2.05) is 0 Å². The summed E-state index contributed by atoms with van der Waals surface area (Å²) in [5.74, 6) is -0.508. The number of benzene rings is 2. The summed E-state index contributed by atoms with van der Waals surface area (Å²) in [6.45, 7) is 0.150. The number of nitrogens with zero attached hydrogens (tertiary/aromatic N) is 3. The Morgan fingerprint density at radius 1 is 1.14 bits per heavy atom. The van der Waals surface area contributed by atoms with Crippen LogP contribution in [0, 0.1) is 0 Å². The molecule has 0 unspecified atom stereocenters. The Balaban J connectivity index is 1.91. The van der Waals surface area contributed by atoms with Crippen molar-refractivity contribution in [3.8, 4) is 28.3 Å². The molecule has 0 bridgehead atoms. The first-order valence-corrected chi connectivity index (χ1v) is 11.5. The van der Waals surface area contributed by atoms with Gasteiger partial charge in [0, 0.05) is 34.0 Å². The molecule has 0 aliphatic heterocycles. The molecule has 1 amide bonds. The van der Waals surface area contributed by atoms with E-state index in [4.69, 9.17) is 11.6 Å². The van der Waals surface area contributed by atoms with Crippen molar-refractivity contribution >= 4 is 34.8 Å². The number of carbonyl (C=O) groups is 2. The largest absolute Gasteiger partial charge is 0.435 e. The molecule has 0 saturated carbocycles. The molecule has 190 valence electrons.